The predicted molar refractivity (Wildman–Crippen MR) is 45.3 cm³/mol. The first-order valence-electron chi connectivity index (χ1n) is 3.94. The molecule has 0 N–H and O–H groups in total. The molecule has 0 bridgehead atoms. The lowest BCUT2D eigenvalue weighted by molar-refractivity contribution is 0.0599. The Hall–Kier alpha value is -1.52. The number of esters is 1. The molecule has 0 aliphatic rings. The van der Waals surface area contributed by atoms with Gasteiger partial charge in [-0.3, -0.25) is 4.98 Å². The van der Waals surface area contributed by atoms with Crippen LogP contribution in [0.1, 0.15) is 15.9 Å². The van der Waals surface area contributed by atoms with Crippen LogP contribution in [0, 0.1) is 0 Å². The van der Waals surface area contributed by atoms with Crippen LogP contribution in [0.5, 0.6) is 0 Å². The topological polar surface area (TPSA) is 39.2 Å². The molecule has 1 aromatic rings. The number of aromatic nitrogens is 1. The van der Waals surface area contributed by atoms with Gasteiger partial charge in [-0.2, -0.15) is 0 Å². The second-order valence-corrected chi connectivity index (χ2v) is 2.67. The summed E-state index contributed by atoms with van der Waals surface area (Å²) in [5, 5.41) is 0. The van der Waals surface area contributed by atoms with Crippen LogP contribution < -0.4 is 0 Å². The summed E-state index contributed by atoms with van der Waals surface area (Å²) in [4.78, 5) is 14.7. The molecule has 1 rings (SSSR count). The zero-order chi connectivity index (χ0) is 10.6. The number of methoxy groups -OCH3 is 1. The molecule has 0 atom stereocenters. The van der Waals surface area contributed by atoms with Gasteiger partial charge >= 0.3 is 5.97 Å². The second kappa shape index (κ2) is 4.64. The third-order valence-corrected chi connectivity index (χ3v) is 1.61. The quantitative estimate of drug-likeness (QED) is 0.698. The van der Waals surface area contributed by atoms with E-state index in [-0.39, 0.29) is 5.56 Å². The van der Waals surface area contributed by atoms with Gasteiger partial charge in [-0.15, -0.1) is 0 Å². The first-order chi connectivity index (χ1) is 6.63. The van der Waals surface area contributed by atoms with Gasteiger partial charge in [-0.25, -0.2) is 13.6 Å². The van der Waals surface area contributed by atoms with Crippen molar-refractivity contribution in [3.05, 3.63) is 29.6 Å². The Balaban J connectivity index is 2.84. The molecule has 0 radical (unpaired) electrons. The number of carbonyl (C=O) groups excluding carboxylic acids is 1. The van der Waals surface area contributed by atoms with Crippen molar-refractivity contribution in [2.24, 2.45) is 0 Å². The maximum absolute atomic E-state index is 12.0. The molecule has 1 aromatic heterocycles. The Morgan fingerprint density at radius 1 is 1.57 bits per heavy atom. The fourth-order valence-corrected chi connectivity index (χ4v) is 1.01. The van der Waals surface area contributed by atoms with Crippen LogP contribution in [0.4, 0.5) is 8.78 Å². The summed E-state index contributed by atoms with van der Waals surface area (Å²) in [5.74, 6) is -0.575. The summed E-state index contributed by atoms with van der Waals surface area (Å²) in [6, 6.07) is 1.35. The van der Waals surface area contributed by atoms with Crippen LogP contribution in [-0.4, -0.2) is 24.5 Å². The van der Waals surface area contributed by atoms with Crippen LogP contribution >= 0.6 is 0 Å². The van der Waals surface area contributed by atoms with Gasteiger partial charge in [0.1, 0.15) is 0 Å². The van der Waals surface area contributed by atoms with E-state index in [1.165, 1.54) is 25.6 Å². The number of nitrogens with zero attached hydrogens (tertiary/aromatic N) is 1. The molecule has 0 saturated carbocycles. The third-order valence-electron chi connectivity index (χ3n) is 1.61. The van der Waals surface area contributed by atoms with Crippen LogP contribution in [0.25, 0.3) is 0 Å². The lowest BCUT2D eigenvalue weighted by Crippen LogP contribution is -2.04. The maximum atomic E-state index is 12.0. The van der Waals surface area contributed by atoms with Crippen molar-refractivity contribution in [3.63, 3.8) is 0 Å². The highest BCUT2D eigenvalue weighted by Gasteiger charge is 2.09. The summed E-state index contributed by atoms with van der Waals surface area (Å²) >= 11 is 0. The van der Waals surface area contributed by atoms with Gasteiger partial charge in [0.05, 0.1) is 12.7 Å². The van der Waals surface area contributed by atoms with Crippen molar-refractivity contribution in [2.45, 2.75) is 12.8 Å². The predicted octanol–water partition coefficient (Wildman–Crippen LogP) is 1.68. The number of hydrogen-bond acceptors (Lipinski definition) is 3. The normalized spacial score (nSPS) is 10.3. The minimum Gasteiger partial charge on any atom is -0.465 e. The number of ether oxygens (including phenoxy) is 1. The summed E-state index contributed by atoms with van der Waals surface area (Å²) in [6.07, 6.45) is -0.262. The molecule has 0 aliphatic carbocycles. The Morgan fingerprint density at radius 3 is 2.86 bits per heavy atom. The molecule has 5 heteroatoms. The monoisotopic (exact) mass is 201 g/mol. The molecule has 0 aliphatic heterocycles. The molecule has 14 heavy (non-hydrogen) atoms. The summed E-state index contributed by atoms with van der Waals surface area (Å²) in [5.41, 5.74) is 0.508. The van der Waals surface area contributed by atoms with Crippen molar-refractivity contribution in [2.75, 3.05) is 7.11 Å². The van der Waals surface area contributed by atoms with Crippen LogP contribution in [-0.2, 0) is 11.2 Å². The van der Waals surface area contributed by atoms with Crippen molar-refractivity contribution < 1.29 is 18.3 Å². The van der Waals surface area contributed by atoms with Crippen molar-refractivity contribution in [1.82, 2.24) is 4.98 Å². The first-order valence-corrected chi connectivity index (χ1v) is 3.94. The van der Waals surface area contributed by atoms with E-state index in [0.717, 1.165) is 0 Å². The van der Waals surface area contributed by atoms with Gasteiger partial charge in [0.2, 0.25) is 6.43 Å². The Labute approximate surface area is 79.7 Å². The molecule has 1 heterocycles. The van der Waals surface area contributed by atoms with E-state index in [2.05, 4.69) is 9.72 Å². The first kappa shape index (κ1) is 10.6. The van der Waals surface area contributed by atoms with Crippen molar-refractivity contribution in [1.29, 1.82) is 0 Å². The third kappa shape index (κ3) is 2.76. The number of pyridine rings is 1. The van der Waals surface area contributed by atoms with E-state index in [1.807, 2.05) is 0 Å². The largest absolute Gasteiger partial charge is 0.465 e. The number of alkyl halides is 2. The van der Waals surface area contributed by atoms with E-state index in [9.17, 15) is 13.6 Å². The van der Waals surface area contributed by atoms with Crippen LogP contribution in [0.15, 0.2) is 18.5 Å². The molecule has 0 amide bonds. The van der Waals surface area contributed by atoms with Crippen LogP contribution in [0.2, 0.25) is 0 Å². The molecular weight excluding hydrogens is 192 g/mol. The Kier molecular flexibility index (Phi) is 3.50. The zero-order valence-corrected chi connectivity index (χ0v) is 7.54. The molecule has 76 valence electrons. The molecule has 0 aromatic carbocycles. The molecule has 0 saturated heterocycles. The standard InChI is InChI=1S/C9H9F2NO2/c1-14-9(13)7-2-6(3-8(10)11)4-12-5-7/h2,4-5,8H,3H2,1H3. The average Bonchev–Trinajstić information content (AvgIpc) is 2.16. The number of rotatable bonds is 3. The second-order valence-electron chi connectivity index (χ2n) is 2.67. The fraction of sp³-hybridized carbons (Fsp3) is 0.333. The molecule has 0 unspecified atom stereocenters. The highest BCUT2D eigenvalue weighted by molar-refractivity contribution is 5.89. The maximum Gasteiger partial charge on any atom is 0.339 e. The summed E-state index contributed by atoms with van der Waals surface area (Å²) in [6.45, 7) is 0. The van der Waals surface area contributed by atoms with Crippen molar-refractivity contribution in [3.8, 4) is 0 Å². The average molecular weight is 201 g/mol. The molecule has 0 fully saturated rings. The van der Waals surface area contributed by atoms with Gasteiger partial charge in [0, 0.05) is 18.8 Å². The van der Waals surface area contributed by atoms with E-state index in [4.69, 9.17) is 0 Å². The molecule has 0 spiro atoms. The van der Waals surface area contributed by atoms with Gasteiger partial charge in [-0.05, 0) is 11.6 Å². The van der Waals surface area contributed by atoms with Crippen LogP contribution in [0.3, 0.4) is 0 Å². The molecular formula is C9H9F2NO2. The number of carbonyl (C=O) groups is 1. The minimum absolute atomic E-state index is 0.186. The Bertz CT molecular complexity index is 328. The Morgan fingerprint density at radius 2 is 2.29 bits per heavy atom. The highest BCUT2D eigenvalue weighted by Crippen LogP contribution is 2.09. The van der Waals surface area contributed by atoms with Gasteiger partial charge < -0.3 is 4.74 Å². The lowest BCUT2D eigenvalue weighted by Gasteiger charge is -2.02. The van der Waals surface area contributed by atoms with E-state index in [1.54, 1.807) is 0 Å². The molecule has 3 nitrogen and oxygen atoms in total. The van der Waals surface area contributed by atoms with Gasteiger partial charge in [-0.1, -0.05) is 0 Å². The van der Waals surface area contributed by atoms with E-state index < -0.39 is 18.8 Å². The van der Waals surface area contributed by atoms with Crippen molar-refractivity contribution >= 4 is 5.97 Å². The minimum atomic E-state index is -2.44. The van der Waals surface area contributed by atoms with E-state index in [0.29, 0.717) is 5.56 Å². The lowest BCUT2D eigenvalue weighted by atomic mass is 10.1. The highest BCUT2D eigenvalue weighted by atomic mass is 19.3. The fourth-order valence-electron chi connectivity index (χ4n) is 1.01. The zero-order valence-electron chi connectivity index (χ0n) is 7.54. The summed E-state index contributed by atoms with van der Waals surface area (Å²) < 4.78 is 28.4. The smallest absolute Gasteiger partial charge is 0.339 e. The van der Waals surface area contributed by atoms with Gasteiger partial charge in [0.15, 0.2) is 0 Å². The summed E-state index contributed by atoms with van der Waals surface area (Å²) in [7, 11) is 1.22. The van der Waals surface area contributed by atoms with Gasteiger partial charge in [0.25, 0.3) is 0 Å². The number of hydrogen-bond donors (Lipinski definition) is 0. The SMILES string of the molecule is COC(=O)c1cncc(CC(F)F)c1. The van der Waals surface area contributed by atoms with E-state index >= 15 is 0 Å². The number of halogens is 2.